The van der Waals surface area contributed by atoms with Gasteiger partial charge in [-0.1, -0.05) is 30.3 Å². The summed E-state index contributed by atoms with van der Waals surface area (Å²) < 4.78 is 1.91. The quantitative estimate of drug-likeness (QED) is 0.874. The molecule has 0 radical (unpaired) electrons. The maximum atomic E-state index is 12.8. The lowest BCUT2D eigenvalue weighted by molar-refractivity contribution is -0.133. The van der Waals surface area contributed by atoms with E-state index in [2.05, 4.69) is 45.6 Å². The van der Waals surface area contributed by atoms with Crippen molar-refractivity contribution in [3.63, 3.8) is 0 Å². The van der Waals surface area contributed by atoms with Gasteiger partial charge >= 0.3 is 0 Å². The summed E-state index contributed by atoms with van der Waals surface area (Å²) in [6.45, 7) is 6.85. The highest BCUT2D eigenvalue weighted by molar-refractivity contribution is 5.76. The second-order valence-electron chi connectivity index (χ2n) is 7.60. The minimum Gasteiger partial charge on any atom is -0.339 e. The first-order valence-electron chi connectivity index (χ1n) is 10.1. The van der Waals surface area contributed by atoms with Crippen LogP contribution in [-0.2, 0) is 17.9 Å². The molecule has 6 heteroatoms. The van der Waals surface area contributed by atoms with Crippen molar-refractivity contribution in [2.24, 2.45) is 0 Å². The average Bonchev–Trinajstić information content (AvgIpc) is 3.18. The van der Waals surface area contributed by atoms with Gasteiger partial charge in [-0.05, 0) is 31.0 Å². The average molecular weight is 367 g/mol. The zero-order valence-electron chi connectivity index (χ0n) is 15.9. The Kier molecular flexibility index (Phi) is 5.84. The standard InChI is InChI=1S/C21H29N5O/c27-21(17-26-20(8-10-23-26)19-7-4-9-22-15-19)25-13-11-24(12-14-25)16-18-5-2-1-3-6-18/h1-3,5-6,8,10,19,22H,4,7,9,11-17H2/t19-/m1/s1. The number of piperidine rings is 1. The van der Waals surface area contributed by atoms with Crippen molar-refractivity contribution in [3.05, 3.63) is 53.9 Å². The number of rotatable bonds is 5. The summed E-state index contributed by atoms with van der Waals surface area (Å²) in [7, 11) is 0. The molecule has 27 heavy (non-hydrogen) atoms. The molecule has 0 bridgehead atoms. The van der Waals surface area contributed by atoms with Gasteiger partial charge in [0.25, 0.3) is 0 Å². The molecule has 1 amide bonds. The fourth-order valence-electron chi connectivity index (χ4n) is 4.15. The Morgan fingerprint density at radius 1 is 1.11 bits per heavy atom. The molecule has 0 aliphatic carbocycles. The molecular weight excluding hydrogens is 338 g/mol. The Morgan fingerprint density at radius 3 is 2.67 bits per heavy atom. The minimum atomic E-state index is 0.183. The minimum absolute atomic E-state index is 0.183. The molecule has 3 heterocycles. The van der Waals surface area contributed by atoms with Crippen molar-refractivity contribution in [2.45, 2.75) is 31.8 Å². The molecule has 4 rings (SSSR count). The topological polar surface area (TPSA) is 53.4 Å². The summed E-state index contributed by atoms with van der Waals surface area (Å²) in [4.78, 5) is 17.2. The highest BCUT2D eigenvalue weighted by atomic mass is 16.2. The van der Waals surface area contributed by atoms with Crippen LogP contribution in [0.2, 0.25) is 0 Å². The highest BCUT2D eigenvalue weighted by Crippen LogP contribution is 2.23. The van der Waals surface area contributed by atoms with Crippen LogP contribution >= 0.6 is 0 Å². The second kappa shape index (κ2) is 8.67. The first-order chi connectivity index (χ1) is 13.3. The van der Waals surface area contributed by atoms with Crippen molar-refractivity contribution >= 4 is 5.91 Å². The zero-order valence-corrected chi connectivity index (χ0v) is 15.9. The van der Waals surface area contributed by atoms with E-state index in [1.807, 2.05) is 21.8 Å². The van der Waals surface area contributed by atoms with Crippen molar-refractivity contribution in [1.82, 2.24) is 24.9 Å². The number of hydrogen-bond acceptors (Lipinski definition) is 4. The maximum Gasteiger partial charge on any atom is 0.244 e. The van der Waals surface area contributed by atoms with E-state index in [-0.39, 0.29) is 5.91 Å². The Hall–Kier alpha value is -2.18. The van der Waals surface area contributed by atoms with Gasteiger partial charge in [-0.2, -0.15) is 5.10 Å². The van der Waals surface area contributed by atoms with Crippen LogP contribution in [0.15, 0.2) is 42.6 Å². The van der Waals surface area contributed by atoms with Gasteiger partial charge in [0.05, 0.1) is 0 Å². The van der Waals surface area contributed by atoms with E-state index < -0.39 is 0 Å². The molecular formula is C21H29N5O. The molecule has 0 spiro atoms. The van der Waals surface area contributed by atoms with Crippen LogP contribution < -0.4 is 5.32 Å². The van der Waals surface area contributed by atoms with Gasteiger partial charge in [-0.25, -0.2) is 0 Å². The molecule has 2 saturated heterocycles. The van der Waals surface area contributed by atoms with E-state index in [0.717, 1.165) is 45.8 Å². The number of hydrogen-bond donors (Lipinski definition) is 1. The first-order valence-corrected chi connectivity index (χ1v) is 10.1. The molecule has 6 nitrogen and oxygen atoms in total. The summed E-state index contributed by atoms with van der Waals surface area (Å²) in [6, 6.07) is 12.6. The van der Waals surface area contributed by atoms with Crippen molar-refractivity contribution in [2.75, 3.05) is 39.3 Å². The lowest BCUT2D eigenvalue weighted by Crippen LogP contribution is -2.49. The van der Waals surface area contributed by atoms with Gasteiger partial charge in [0, 0.05) is 57.1 Å². The summed E-state index contributed by atoms with van der Waals surface area (Å²) in [5.74, 6) is 0.653. The number of nitrogens with one attached hydrogen (secondary N) is 1. The van der Waals surface area contributed by atoms with Crippen LogP contribution in [0.5, 0.6) is 0 Å². The monoisotopic (exact) mass is 367 g/mol. The number of nitrogens with zero attached hydrogens (tertiary/aromatic N) is 4. The molecule has 2 aliphatic rings. The maximum absolute atomic E-state index is 12.8. The van der Waals surface area contributed by atoms with Gasteiger partial charge in [-0.3, -0.25) is 14.4 Å². The molecule has 1 aromatic heterocycles. The van der Waals surface area contributed by atoms with Crippen LogP contribution in [0.25, 0.3) is 0 Å². The summed E-state index contributed by atoms with van der Waals surface area (Å²) in [5.41, 5.74) is 2.53. The van der Waals surface area contributed by atoms with Gasteiger partial charge in [-0.15, -0.1) is 0 Å². The molecule has 2 aliphatic heterocycles. The van der Waals surface area contributed by atoms with Crippen LogP contribution in [0.3, 0.4) is 0 Å². The summed E-state index contributed by atoms with van der Waals surface area (Å²) >= 11 is 0. The molecule has 2 fully saturated rings. The van der Waals surface area contributed by atoms with Gasteiger partial charge < -0.3 is 10.2 Å². The Labute approximate surface area is 161 Å². The van der Waals surface area contributed by atoms with Crippen molar-refractivity contribution in [1.29, 1.82) is 0 Å². The molecule has 0 saturated carbocycles. The second-order valence-corrected chi connectivity index (χ2v) is 7.60. The number of amides is 1. The van der Waals surface area contributed by atoms with Gasteiger partial charge in [0.1, 0.15) is 6.54 Å². The van der Waals surface area contributed by atoms with E-state index in [0.29, 0.717) is 12.5 Å². The van der Waals surface area contributed by atoms with Crippen LogP contribution in [0, 0.1) is 0 Å². The normalized spacial score (nSPS) is 21.3. The summed E-state index contributed by atoms with van der Waals surface area (Å²) in [6.07, 6.45) is 4.19. The van der Waals surface area contributed by atoms with E-state index in [1.165, 1.54) is 24.1 Å². The Morgan fingerprint density at radius 2 is 1.93 bits per heavy atom. The van der Waals surface area contributed by atoms with Gasteiger partial charge in [0.2, 0.25) is 5.91 Å². The van der Waals surface area contributed by atoms with E-state index in [9.17, 15) is 4.79 Å². The van der Waals surface area contributed by atoms with Crippen LogP contribution in [0.4, 0.5) is 0 Å². The third kappa shape index (κ3) is 4.57. The largest absolute Gasteiger partial charge is 0.339 e. The van der Waals surface area contributed by atoms with E-state index in [1.54, 1.807) is 0 Å². The smallest absolute Gasteiger partial charge is 0.244 e. The van der Waals surface area contributed by atoms with Gasteiger partial charge in [0.15, 0.2) is 0 Å². The molecule has 2 aromatic rings. The fraction of sp³-hybridized carbons (Fsp3) is 0.524. The number of piperazine rings is 1. The number of carbonyl (C=O) groups excluding carboxylic acids is 1. The zero-order chi connectivity index (χ0) is 18.5. The predicted octanol–water partition coefficient (Wildman–Crippen LogP) is 1.69. The Balaban J connectivity index is 1.29. The van der Waals surface area contributed by atoms with E-state index >= 15 is 0 Å². The summed E-state index contributed by atoms with van der Waals surface area (Å²) in [5, 5.41) is 7.88. The third-order valence-electron chi connectivity index (χ3n) is 5.72. The van der Waals surface area contributed by atoms with Crippen LogP contribution in [-0.4, -0.2) is 64.8 Å². The first kappa shape index (κ1) is 18.2. The molecule has 1 atom stereocenters. The van der Waals surface area contributed by atoms with E-state index in [4.69, 9.17) is 0 Å². The van der Waals surface area contributed by atoms with Crippen LogP contribution in [0.1, 0.15) is 30.0 Å². The number of carbonyl (C=O) groups is 1. The molecule has 0 unspecified atom stereocenters. The predicted molar refractivity (Wildman–Crippen MR) is 105 cm³/mol. The molecule has 144 valence electrons. The Bertz CT molecular complexity index is 730. The number of aromatic nitrogens is 2. The van der Waals surface area contributed by atoms with Crippen molar-refractivity contribution < 1.29 is 4.79 Å². The molecule has 1 aromatic carbocycles. The lowest BCUT2D eigenvalue weighted by atomic mass is 9.96. The number of benzene rings is 1. The fourth-order valence-corrected chi connectivity index (χ4v) is 4.15. The molecule has 1 N–H and O–H groups in total. The lowest BCUT2D eigenvalue weighted by Gasteiger charge is -2.35. The van der Waals surface area contributed by atoms with Crippen molar-refractivity contribution in [3.8, 4) is 0 Å². The highest BCUT2D eigenvalue weighted by Gasteiger charge is 2.24. The third-order valence-corrected chi connectivity index (χ3v) is 5.72. The SMILES string of the molecule is O=C(Cn1nccc1[C@@H]1CCCNC1)N1CCN(Cc2ccccc2)CC1.